The summed E-state index contributed by atoms with van der Waals surface area (Å²) >= 11 is 0. The summed E-state index contributed by atoms with van der Waals surface area (Å²) in [4.78, 5) is 39.2. The van der Waals surface area contributed by atoms with Crippen molar-refractivity contribution in [1.29, 1.82) is 0 Å². The molecule has 0 aromatic rings. The van der Waals surface area contributed by atoms with E-state index >= 15 is 0 Å². The number of nitrogens with zero attached hydrogens (tertiary/aromatic N) is 1. The van der Waals surface area contributed by atoms with Gasteiger partial charge in [0, 0.05) is 52.1 Å². The van der Waals surface area contributed by atoms with Crippen LogP contribution in [-0.2, 0) is 42.7 Å². The number of aliphatic hydroxyl groups is 11. The van der Waals surface area contributed by atoms with Crippen molar-refractivity contribution in [3.05, 3.63) is 0 Å². The van der Waals surface area contributed by atoms with E-state index in [1.165, 1.54) is 0 Å². The third kappa shape index (κ3) is 16.0. The Hall–Kier alpha value is -2.51. The Morgan fingerprint density at radius 2 is 0.883 bits per heavy atom. The van der Waals surface area contributed by atoms with Crippen molar-refractivity contribution in [2.75, 3.05) is 72.3 Å². The molecule has 350 valence electrons. The lowest BCUT2D eigenvalue weighted by Crippen LogP contribution is -2.61. The van der Waals surface area contributed by atoms with Crippen molar-refractivity contribution in [1.82, 2.24) is 20.9 Å². The molecule has 0 radical (unpaired) electrons. The second-order valence-electron chi connectivity index (χ2n) is 15.5. The zero-order chi connectivity index (χ0) is 44.7. The van der Waals surface area contributed by atoms with Crippen LogP contribution in [0.4, 0.5) is 4.79 Å². The smallest absolute Gasteiger partial charge is 0.407 e. The van der Waals surface area contributed by atoms with Crippen molar-refractivity contribution in [2.24, 2.45) is 0 Å². The number of nitrogens with one attached hydrogen (secondary N) is 3. The molecule has 0 aromatic carbocycles. The number of hydrogen-bond acceptors (Lipinski definition) is 22. The number of aliphatic hydroxyl groups excluding tert-OH is 11. The Morgan fingerprint density at radius 1 is 0.533 bits per heavy atom. The van der Waals surface area contributed by atoms with Crippen LogP contribution < -0.4 is 16.0 Å². The van der Waals surface area contributed by atoms with Gasteiger partial charge in [-0.25, -0.2) is 4.79 Å². The number of carbonyl (C=O) groups excluding carboxylic acids is 3. The maximum Gasteiger partial charge on any atom is 0.407 e. The Balaban J connectivity index is 1.55. The first-order valence-electron chi connectivity index (χ1n) is 19.7. The van der Waals surface area contributed by atoms with Crippen LogP contribution in [0.5, 0.6) is 0 Å². The van der Waals surface area contributed by atoms with Gasteiger partial charge in [-0.3, -0.25) is 14.5 Å². The summed E-state index contributed by atoms with van der Waals surface area (Å²) in [5, 5.41) is 118. The van der Waals surface area contributed by atoms with Crippen LogP contribution in [0.2, 0.25) is 0 Å². The van der Waals surface area contributed by atoms with Crippen LogP contribution >= 0.6 is 0 Å². The van der Waals surface area contributed by atoms with Gasteiger partial charge in [-0.1, -0.05) is 0 Å². The van der Waals surface area contributed by atoms with Gasteiger partial charge in [0.1, 0.15) is 78.8 Å². The molecule has 3 fully saturated rings. The normalized spacial score (nSPS) is 34.9. The first-order valence-corrected chi connectivity index (χ1v) is 19.7. The molecule has 3 rings (SSSR count). The average Bonchev–Trinajstić information content (AvgIpc) is 3.20. The lowest BCUT2D eigenvalue weighted by Gasteiger charge is -2.42. The molecule has 3 heterocycles. The highest BCUT2D eigenvalue weighted by Crippen LogP contribution is 2.25. The predicted octanol–water partition coefficient (Wildman–Crippen LogP) is -7.72. The van der Waals surface area contributed by atoms with E-state index in [-0.39, 0.29) is 71.9 Å². The lowest BCUT2D eigenvalue weighted by molar-refractivity contribution is -0.300. The second kappa shape index (κ2) is 25.0. The summed E-state index contributed by atoms with van der Waals surface area (Å²) in [7, 11) is 0. The number of ether oxygens (including phenoxy) is 7. The van der Waals surface area contributed by atoms with Crippen molar-refractivity contribution < 1.29 is 104 Å². The van der Waals surface area contributed by atoms with Gasteiger partial charge in [-0.2, -0.15) is 0 Å². The van der Waals surface area contributed by atoms with Gasteiger partial charge in [-0.05, 0) is 20.8 Å². The Bertz CT molecular complexity index is 1240. The van der Waals surface area contributed by atoms with Gasteiger partial charge >= 0.3 is 6.09 Å². The standard InChI is InChI=1S/C35H64N4O21/c1-35(2,3)60-34(53)38-8-13-56-31-28(50)25(47)22(44)17(57-31)14-39(9-4-20(42)36-6-11-54-32-29(51)26(48)23(45)18(15-40)58-32)10-5-21(43)37-7-12-55-33-30(52)27(49)24(46)19(16-41)59-33/h17-19,22-33,40-41,44-52H,4-16H2,1-3H3,(H,36,42)(H,37,43)(H,38,53)/t17-,18-,19-,22-,23-,24-,25+,26+,27+,28-,29+,30+,31-,32+,33+/m1/s1. The maximum atomic E-state index is 12.8. The molecule has 0 saturated carbocycles. The molecule has 25 nitrogen and oxygen atoms in total. The van der Waals surface area contributed by atoms with E-state index in [1.54, 1.807) is 25.7 Å². The first-order chi connectivity index (χ1) is 28.3. The van der Waals surface area contributed by atoms with E-state index in [2.05, 4.69) is 16.0 Å². The highest BCUT2D eigenvalue weighted by molar-refractivity contribution is 5.76. The fourth-order valence-electron chi connectivity index (χ4n) is 6.23. The zero-order valence-electron chi connectivity index (χ0n) is 33.8. The summed E-state index contributed by atoms with van der Waals surface area (Å²) in [6.45, 7) is 2.72. The molecular formula is C35H64N4O21. The molecule has 0 aromatic heterocycles. The molecule has 0 aliphatic carbocycles. The van der Waals surface area contributed by atoms with Gasteiger partial charge in [-0.15, -0.1) is 0 Å². The number of carbonyl (C=O) groups is 3. The minimum atomic E-state index is -1.73. The highest BCUT2D eigenvalue weighted by Gasteiger charge is 2.46. The van der Waals surface area contributed by atoms with Crippen LogP contribution in [0.25, 0.3) is 0 Å². The average molecular weight is 877 g/mol. The van der Waals surface area contributed by atoms with Crippen LogP contribution in [-0.4, -0.2) is 249 Å². The van der Waals surface area contributed by atoms with Crippen LogP contribution in [0.15, 0.2) is 0 Å². The fourth-order valence-corrected chi connectivity index (χ4v) is 6.23. The van der Waals surface area contributed by atoms with Crippen molar-refractivity contribution >= 4 is 17.9 Å². The highest BCUT2D eigenvalue weighted by atomic mass is 16.7. The molecule has 3 aliphatic rings. The summed E-state index contributed by atoms with van der Waals surface area (Å²) in [6.07, 6.45) is -23.6. The molecule has 60 heavy (non-hydrogen) atoms. The minimum absolute atomic E-state index is 0.0243. The Morgan fingerprint density at radius 3 is 1.25 bits per heavy atom. The van der Waals surface area contributed by atoms with Gasteiger partial charge in [0.2, 0.25) is 11.8 Å². The molecule has 0 unspecified atom stereocenters. The summed E-state index contributed by atoms with van der Waals surface area (Å²) < 4.78 is 37.8. The van der Waals surface area contributed by atoms with E-state index in [0.29, 0.717) is 0 Å². The Kier molecular flexibility index (Phi) is 21.6. The van der Waals surface area contributed by atoms with Gasteiger partial charge in [0.05, 0.1) is 33.0 Å². The molecule has 25 heteroatoms. The SMILES string of the molecule is CC(C)(C)OC(=O)NCCO[C@@H]1O[C@H](CN(CCC(=O)NCCO[C@H]2O[C@H](CO)[C@@H](O)[C@H](O)[C@@H]2O)CCC(=O)NCCO[C@H]2O[C@H](CO)[C@@H](O)[C@H](O)[C@@H]2O)[C@@H](O)[C@H](O)[C@H]1O. The van der Waals surface area contributed by atoms with Crippen LogP contribution in [0, 0.1) is 0 Å². The van der Waals surface area contributed by atoms with E-state index in [0.717, 1.165) is 0 Å². The van der Waals surface area contributed by atoms with Crippen LogP contribution in [0.3, 0.4) is 0 Å². The lowest BCUT2D eigenvalue weighted by atomic mass is 9.98. The summed E-state index contributed by atoms with van der Waals surface area (Å²) in [5.41, 5.74) is -0.744. The fraction of sp³-hybridized carbons (Fsp3) is 0.914. The molecular weight excluding hydrogens is 812 g/mol. The molecule has 3 amide bonds. The maximum absolute atomic E-state index is 12.8. The third-order valence-electron chi connectivity index (χ3n) is 9.58. The predicted molar refractivity (Wildman–Crippen MR) is 198 cm³/mol. The van der Waals surface area contributed by atoms with E-state index in [1.807, 2.05) is 0 Å². The van der Waals surface area contributed by atoms with Crippen LogP contribution in [0.1, 0.15) is 33.6 Å². The number of hydrogen-bond donors (Lipinski definition) is 14. The molecule has 3 aliphatic heterocycles. The van der Waals surface area contributed by atoms with Gasteiger partial charge < -0.3 is 105 Å². The quantitative estimate of drug-likeness (QED) is 0.0449. The van der Waals surface area contributed by atoms with Gasteiger partial charge in [0.25, 0.3) is 0 Å². The molecule has 3 saturated heterocycles. The Labute approximate surface area is 346 Å². The van der Waals surface area contributed by atoms with Gasteiger partial charge in [0.15, 0.2) is 18.9 Å². The van der Waals surface area contributed by atoms with Crippen molar-refractivity contribution in [3.8, 4) is 0 Å². The topological polar surface area (TPSA) is 378 Å². The molecule has 0 bridgehead atoms. The number of alkyl carbamates (subject to hydrolysis) is 1. The zero-order valence-corrected chi connectivity index (χ0v) is 33.8. The second-order valence-corrected chi connectivity index (χ2v) is 15.5. The van der Waals surface area contributed by atoms with Crippen molar-refractivity contribution in [2.45, 2.75) is 131 Å². The summed E-state index contributed by atoms with van der Waals surface area (Å²) in [6, 6.07) is 0. The minimum Gasteiger partial charge on any atom is -0.444 e. The summed E-state index contributed by atoms with van der Waals surface area (Å²) in [5.74, 6) is -0.988. The van der Waals surface area contributed by atoms with Crippen molar-refractivity contribution in [3.63, 3.8) is 0 Å². The van der Waals surface area contributed by atoms with E-state index in [4.69, 9.17) is 33.2 Å². The molecule has 15 atom stereocenters. The number of amides is 3. The largest absolute Gasteiger partial charge is 0.444 e. The van der Waals surface area contributed by atoms with E-state index in [9.17, 15) is 70.6 Å². The monoisotopic (exact) mass is 876 g/mol. The molecule has 14 N–H and O–H groups in total. The first kappa shape index (κ1) is 51.8. The van der Waals surface area contributed by atoms with E-state index < -0.39 is 129 Å². The third-order valence-corrected chi connectivity index (χ3v) is 9.58. The molecule has 0 spiro atoms. The number of rotatable bonds is 22.